The summed E-state index contributed by atoms with van der Waals surface area (Å²) in [5.41, 5.74) is 4.64. The minimum absolute atomic E-state index is 0.0509. The van der Waals surface area contributed by atoms with Crippen LogP contribution in [-0.2, 0) is 10.0 Å². The van der Waals surface area contributed by atoms with Gasteiger partial charge >= 0.3 is 0 Å². The summed E-state index contributed by atoms with van der Waals surface area (Å²) in [5, 5.41) is 9.53. The average molecular weight is 339 g/mol. The van der Waals surface area contributed by atoms with Gasteiger partial charge in [0.05, 0.1) is 5.60 Å². The van der Waals surface area contributed by atoms with Gasteiger partial charge in [0.25, 0.3) is 0 Å². The normalized spacial score (nSPS) is 19.6. The minimum atomic E-state index is -3.95. The standard InChI is InChI=1S/C10H12BrFN2O3S/c1-10(15)4-14(5-10)18(16,17)9-3-8(13)6(11)2-7(9)12/h2-3,15H,4-5,13H2,1H3. The molecule has 0 atom stereocenters. The Morgan fingerprint density at radius 3 is 2.56 bits per heavy atom. The summed E-state index contributed by atoms with van der Waals surface area (Å²) in [7, 11) is -3.95. The Morgan fingerprint density at radius 1 is 1.50 bits per heavy atom. The summed E-state index contributed by atoms with van der Waals surface area (Å²) in [6.45, 7) is 1.42. The van der Waals surface area contributed by atoms with Crippen LogP contribution in [0.4, 0.5) is 10.1 Å². The maximum absolute atomic E-state index is 13.7. The van der Waals surface area contributed by atoms with Crippen molar-refractivity contribution in [2.45, 2.75) is 17.4 Å². The molecule has 0 bridgehead atoms. The highest BCUT2D eigenvalue weighted by Gasteiger charge is 2.44. The van der Waals surface area contributed by atoms with Crippen LogP contribution in [-0.4, -0.2) is 36.5 Å². The van der Waals surface area contributed by atoms with E-state index in [1.54, 1.807) is 0 Å². The molecular formula is C10H12BrFN2O3S. The number of β-amino-alcohol motifs (C(OH)–C–C–N with tert-alkyl or cyclic N) is 1. The Kier molecular flexibility index (Phi) is 3.17. The first-order valence-corrected chi connectivity index (χ1v) is 7.34. The van der Waals surface area contributed by atoms with Crippen LogP contribution in [0.2, 0.25) is 0 Å². The van der Waals surface area contributed by atoms with Crippen LogP contribution in [0.15, 0.2) is 21.5 Å². The van der Waals surface area contributed by atoms with Gasteiger partial charge in [-0.3, -0.25) is 0 Å². The van der Waals surface area contributed by atoms with Gasteiger partial charge in [0.2, 0.25) is 10.0 Å². The number of hydrogen-bond acceptors (Lipinski definition) is 4. The molecule has 1 fully saturated rings. The van der Waals surface area contributed by atoms with Crippen molar-refractivity contribution in [3.05, 3.63) is 22.4 Å². The van der Waals surface area contributed by atoms with Crippen molar-refractivity contribution in [1.82, 2.24) is 4.31 Å². The second-order valence-corrected chi connectivity index (χ2v) is 7.33. The molecule has 100 valence electrons. The maximum atomic E-state index is 13.7. The lowest BCUT2D eigenvalue weighted by Crippen LogP contribution is -2.61. The molecule has 0 radical (unpaired) electrons. The first kappa shape index (κ1) is 13.7. The van der Waals surface area contributed by atoms with Gasteiger partial charge in [-0.05, 0) is 35.0 Å². The molecule has 0 unspecified atom stereocenters. The van der Waals surface area contributed by atoms with E-state index in [4.69, 9.17) is 5.73 Å². The number of nitrogens with two attached hydrogens (primary N) is 1. The summed E-state index contributed by atoms with van der Waals surface area (Å²) in [6, 6.07) is 2.09. The third-order valence-corrected chi connectivity index (χ3v) is 5.20. The molecular weight excluding hydrogens is 327 g/mol. The van der Waals surface area contributed by atoms with E-state index in [0.29, 0.717) is 4.47 Å². The highest BCUT2D eigenvalue weighted by atomic mass is 79.9. The van der Waals surface area contributed by atoms with Crippen LogP contribution in [0.1, 0.15) is 6.92 Å². The molecule has 0 aromatic heterocycles. The predicted octanol–water partition coefficient (Wildman–Crippen LogP) is 0.926. The molecule has 1 heterocycles. The number of benzene rings is 1. The zero-order chi connectivity index (χ0) is 13.7. The Morgan fingerprint density at radius 2 is 2.06 bits per heavy atom. The molecule has 5 nitrogen and oxygen atoms in total. The fourth-order valence-electron chi connectivity index (χ4n) is 1.77. The molecule has 1 aliphatic rings. The third kappa shape index (κ3) is 2.25. The van der Waals surface area contributed by atoms with Gasteiger partial charge in [-0.2, -0.15) is 4.31 Å². The molecule has 1 aliphatic heterocycles. The Hall–Kier alpha value is -0.700. The van der Waals surface area contributed by atoms with Crippen LogP contribution in [0, 0.1) is 5.82 Å². The van der Waals surface area contributed by atoms with Gasteiger partial charge in [0.1, 0.15) is 10.7 Å². The third-order valence-electron chi connectivity index (χ3n) is 2.70. The second kappa shape index (κ2) is 4.16. The van der Waals surface area contributed by atoms with Gasteiger partial charge < -0.3 is 10.8 Å². The topological polar surface area (TPSA) is 83.6 Å². The first-order valence-electron chi connectivity index (χ1n) is 5.10. The van der Waals surface area contributed by atoms with Crippen LogP contribution in [0.5, 0.6) is 0 Å². The largest absolute Gasteiger partial charge is 0.398 e. The lowest BCUT2D eigenvalue weighted by atomic mass is 10.0. The van der Waals surface area contributed by atoms with E-state index in [9.17, 15) is 17.9 Å². The summed E-state index contributed by atoms with van der Waals surface area (Å²) in [4.78, 5) is -0.473. The number of aliphatic hydroxyl groups is 1. The van der Waals surface area contributed by atoms with Crippen LogP contribution >= 0.6 is 15.9 Å². The molecule has 1 aromatic carbocycles. The van der Waals surface area contributed by atoms with Gasteiger partial charge in [-0.25, -0.2) is 12.8 Å². The summed E-state index contributed by atoms with van der Waals surface area (Å²) < 4.78 is 39.2. The SMILES string of the molecule is CC1(O)CN(S(=O)(=O)c2cc(N)c(Br)cc2F)C1. The fraction of sp³-hybridized carbons (Fsp3) is 0.400. The number of hydrogen-bond donors (Lipinski definition) is 2. The Balaban J connectivity index is 2.40. The monoisotopic (exact) mass is 338 g/mol. The van der Waals surface area contributed by atoms with Crippen molar-refractivity contribution in [3.63, 3.8) is 0 Å². The first-order chi connectivity index (χ1) is 8.13. The molecule has 0 aliphatic carbocycles. The Bertz CT molecular complexity index is 595. The Labute approximate surface area is 113 Å². The van der Waals surface area contributed by atoms with Crippen molar-refractivity contribution < 1.29 is 17.9 Å². The maximum Gasteiger partial charge on any atom is 0.246 e. The number of halogens is 2. The lowest BCUT2D eigenvalue weighted by Gasteiger charge is -2.42. The van der Waals surface area contributed by atoms with E-state index in [2.05, 4.69) is 15.9 Å². The van der Waals surface area contributed by atoms with Gasteiger partial charge in [0, 0.05) is 23.2 Å². The number of rotatable bonds is 2. The fourth-order valence-corrected chi connectivity index (χ4v) is 3.84. The average Bonchev–Trinajstić information content (AvgIpc) is 2.19. The molecule has 8 heteroatoms. The summed E-state index contributed by atoms with van der Waals surface area (Å²) in [6.07, 6.45) is 0. The number of sulfonamides is 1. The molecule has 1 saturated heterocycles. The smallest absolute Gasteiger partial charge is 0.246 e. The highest BCUT2D eigenvalue weighted by Crippen LogP contribution is 2.32. The van der Waals surface area contributed by atoms with Crippen LogP contribution in [0.3, 0.4) is 0 Å². The molecule has 0 saturated carbocycles. The van der Waals surface area contributed by atoms with Gasteiger partial charge in [-0.15, -0.1) is 0 Å². The minimum Gasteiger partial charge on any atom is -0.398 e. The number of anilines is 1. The van der Waals surface area contributed by atoms with E-state index in [1.807, 2.05) is 0 Å². The zero-order valence-corrected chi connectivity index (χ0v) is 11.9. The van der Waals surface area contributed by atoms with E-state index in [0.717, 1.165) is 16.4 Å². The zero-order valence-electron chi connectivity index (χ0n) is 9.52. The van der Waals surface area contributed by atoms with Crippen molar-refractivity contribution in [2.75, 3.05) is 18.8 Å². The lowest BCUT2D eigenvalue weighted by molar-refractivity contribution is -0.0427. The van der Waals surface area contributed by atoms with E-state index < -0.39 is 26.3 Å². The van der Waals surface area contributed by atoms with E-state index in [1.165, 1.54) is 6.92 Å². The van der Waals surface area contributed by atoms with E-state index >= 15 is 0 Å². The number of nitrogen functional groups attached to an aromatic ring is 1. The molecule has 18 heavy (non-hydrogen) atoms. The summed E-state index contributed by atoms with van der Waals surface area (Å²) >= 11 is 3.02. The molecule has 1 aromatic rings. The molecule has 2 rings (SSSR count). The number of nitrogens with zero attached hydrogens (tertiary/aromatic N) is 1. The van der Waals surface area contributed by atoms with Gasteiger partial charge in [-0.1, -0.05) is 0 Å². The van der Waals surface area contributed by atoms with Crippen LogP contribution in [0.25, 0.3) is 0 Å². The van der Waals surface area contributed by atoms with Crippen molar-refractivity contribution in [1.29, 1.82) is 0 Å². The van der Waals surface area contributed by atoms with Gasteiger partial charge in [0.15, 0.2) is 0 Å². The van der Waals surface area contributed by atoms with Crippen molar-refractivity contribution in [3.8, 4) is 0 Å². The quantitative estimate of drug-likeness (QED) is 0.785. The van der Waals surface area contributed by atoms with Crippen molar-refractivity contribution in [2.24, 2.45) is 0 Å². The summed E-state index contributed by atoms with van der Waals surface area (Å²) in [5.74, 6) is -0.873. The molecule has 3 N–H and O–H groups in total. The molecule has 0 spiro atoms. The van der Waals surface area contributed by atoms with Crippen molar-refractivity contribution >= 4 is 31.6 Å². The second-order valence-electron chi connectivity index (χ2n) is 4.57. The predicted molar refractivity (Wildman–Crippen MR) is 67.9 cm³/mol. The highest BCUT2D eigenvalue weighted by molar-refractivity contribution is 9.10. The van der Waals surface area contributed by atoms with Crippen LogP contribution < -0.4 is 5.73 Å². The molecule has 0 amide bonds. The van der Waals surface area contributed by atoms with E-state index in [-0.39, 0.29) is 18.8 Å².